The van der Waals surface area contributed by atoms with Crippen LogP contribution in [0.15, 0.2) is 48.5 Å². The Morgan fingerprint density at radius 3 is 2.08 bits per heavy atom. The van der Waals surface area contributed by atoms with Crippen LogP contribution >= 0.6 is 11.6 Å². The first-order valence-corrected chi connectivity index (χ1v) is 8.40. The van der Waals surface area contributed by atoms with Gasteiger partial charge in [0.2, 0.25) is 0 Å². The maximum Gasteiger partial charge on any atom is 0.416 e. The lowest BCUT2D eigenvalue weighted by Crippen LogP contribution is -2.28. The number of hydrogen-bond acceptors (Lipinski definition) is 1. The van der Waals surface area contributed by atoms with Gasteiger partial charge in [-0.15, -0.1) is 0 Å². The van der Waals surface area contributed by atoms with Gasteiger partial charge in [0.25, 0.3) is 0 Å². The zero-order valence-electron chi connectivity index (χ0n) is 13.5. The highest BCUT2D eigenvalue weighted by molar-refractivity contribution is 6.30. The van der Waals surface area contributed by atoms with Gasteiger partial charge in [-0.05, 0) is 54.7 Å². The molecule has 0 spiro atoms. The highest BCUT2D eigenvalue weighted by Gasteiger charge is 2.29. The first-order valence-electron chi connectivity index (χ1n) is 8.02. The topological polar surface area (TPSA) is 12.0 Å². The molecule has 0 saturated heterocycles. The van der Waals surface area contributed by atoms with Crippen LogP contribution in [-0.2, 0) is 19.1 Å². The predicted molar refractivity (Wildman–Crippen MR) is 92.1 cm³/mol. The van der Waals surface area contributed by atoms with Crippen LogP contribution in [-0.4, -0.2) is 6.04 Å². The number of alkyl halides is 3. The first kappa shape index (κ1) is 18.8. The summed E-state index contributed by atoms with van der Waals surface area (Å²) < 4.78 is 37.7. The first-order chi connectivity index (χ1) is 11.4. The third-order valence-electron chi connectivity index (χ3n) is 4.06. The molecule has 0 aliphatic carbocycles. The standard InChI is InChI=1S/C19H21ClF3N/c1-2-18(12-7-14-5-10-17(20)11-6-14)24-13-15-3-8-16(9-4-15)19(21,22)23/h3-6,8-11,18,24H,2,7,12-13H2,1H3/t18-/m1/s1. The van der Waals surface area contributed by atoms with Gasteiger partial charge in [-0.1, -0.05) is 42.8 Å². The van der Waals surface area contributed by atoms with Crippen molar-refractivity contribution in [2.45, 2.75) is 44.9 Å². The summed E-state index contributed by atoms with van der Waals surface area (Å²) in [7, 11) is 0. The Kier molecular flexibility index (Phi) is 6.69. The van der Waals surface area contributed by atoms with Crippen molar-refractivity contribution >= 4 is 11.6 Å². The molecule has 0 bridgehead atoms. The molecule has 0 radical (unpaired) electrons. The summed E-state index contributed by atoms with van der Waals surface area (Å²) in [5.74, 6) is 0. The summed E-state index contributed by atoms with van der Waals surface area (Å²) in [6.07, 6.45) is -1.40. The molecular formula is C19H21ClF3N. The Labute approximate surface area is 145 Å². The number of benzene rings is 2. The predicted octanol–water partition coefficient (Wildman–Crippen LogP) is 5.86. The van der Waals surface area contributed by atoms with Crippen LogP contribution < -0.4 is 5.32 Å². The van der Waals surface area contributed by atoms with Gasteiger partial charge in [-0.25, -0.2) is 0 Å². The quantitative estimate of drug-likeness (QED) is 0.656. The van der Waals surface area contributed by atoms with E-state index in [4.69, 9.17) is 11.6 Å². The SMILES string of the molecule is CC[C@H](CCc1ccc(Cl)cc1)NCc1ccc(C(F)(F)F)cc1. The van der Waals surface area contributed by atoms with Crippen LogP contribution in [0.2, 0.25) is 5.02 Å². The lowest BCUT2D eigenvalue weighted by molar-refractivity contribution is -0.137. The Morgan fingerprint density at radius 1 is 0.958 bits per heavy atom. The van der Waals surface area contributed by atoms with Crippen molar-refractivity contribution in [3.63, 3.8) is 0 Å². The molecule has 0 fully saturated rings. The molecule has 0 heterocycles. The van der Waals surface area contributed by atoms with Crippen LogP contribution in [0.25, 0.3) is 0 Å². The minimum Gasteiger partial charge on any atom is -0.310 e. The van der Waals surface area contributed by atoms with Gasteiger partial charge in [-0.2, -0.15) is 13.2 Å². The Hall–Kier alpha value is -1.52. The molecule has 0 unspecified atom stereocenters. The van der Waals surface area contributed by atoms with Crippen molar-refractivity contribution < 1.29 is 13.2 Å². The zero-order valence-corrected chi connectivity index (χ0v) is 14.3. The maximum atomic E-state index is 12.6. The van der Waals surface area contributed by atoms with E-state index in [1.54, 1.807) is 0 Å². The Morgan fingerprint density at radius 2 is 1.54 bits per heavy atom. The molecule has 2 aromatic carbocycles. The van der Waals surface area contributed by atoms with Gasteiger partial charge >= 0.3 is 6.18 Å². The number of halogens is 4. The average Bonchev–Trinajstić information content (AvgIpc) is 2.56. The second-order valence-electron chi connectivity index (χ2n) is 5.85. The van der Waals surface area contributed by atoms with E-state index >= 15 is 0 Å². The third-order valence-corrected chi connectivity index (χ3v) is 4.32. The second-order valence-corrected chi connectivity index (χ2v) is 6.28. The normalized spacial score (nSPS) is 13.0. The van der Waals surface area contributed by atoms with E-state index in [1.807, 2.05) is 24.3 Å². The van der Waals surface area contributed by atoms with E-state index < -0.39 is 11.7 Å². The lowest BCUT2D eigenvalue weighted by Gasteiger charge is -2.17. The minimum absolute atomic E-state index is 0.322. The number of aryl methyl sites for hydroxylation is 1. The fraction of sp³-hybridized carbons (Fsp3) is 0.368. The van der Waals surface area contributed by atoms with Crippen molar-refractivity contribution in [3.8, 4) is 0 Å². The summed E-state index contributed by atoms with van der Waals surface area (Å²) in [5.41, 5.74) is 1.48. The average molecular weight is 356 g/mol. The van der Waals surface area contributed by atoms with Gasteiger partial charge in [0.1, 0.15) is 0 Å². The van der Waals surface area contributed by atoms with Crippen molar-refractivity contribution in [3.05, 3.63) is 70.2 Å². The number of nitrogens with one attached hydrogen (secondary N) is 1. The molecular weight excluding hydrogens is 335 g/mol. The largest absolute Gasteiger partial charge is 0.416 e. The molecule has 0 amide bonds. The van der Waals surface area contributed by atoms with Crippen molar-refractivity contribution in [1.82, 2.24) is 5.32 Å². The maximum absolute atomic E-state index is 12.6. The van der Waals surface area contributed by atoms with E-state index in [-0.39, 0.29) is 0 Å². The summed E-state index contributed by atoms with van der Waals surface area (Å²) in [4.78, 5) is 0. The highest BCUT2D eigenvalue weighted by atomic mass is 35.5. The molecule has 1 N–H and O–H groups in total. The van der Waals surface area contributed by atoms with Gasteiger partial charge < -0.3 is 5.32 Å². The number of hydrogen-bond donors (Lipinski definition) is 1. The van der Waals surface area contributed by atoms with Gasteiger partial charge in [0.15, 0.2) is 0 Å². The van der Waals surface area contributed by atoms with Crippen molar-refractivity contribution in [2.75, 3.05) is 0 Å². The summed E-state index contributed by atoms with van der Waals surface area (Å²) >= 11 is 5.88. The summed E-state index contributed by atoms with van der Waals surface area (Å²) in [5, 5.41) is 4.15. The molecule has 24 heavy (non-hydrogen) atoms. The molecule has 0 saturated carbocycles. The molecule has 130 valence electrons. The molecule has 0 aliphatic rings. The second kappa shape index (κ2) is 8.54. The highest BCUT2D eigenvalue weighted by Crippen LogP contribution is 2.29. The Bertz CT molecular complexity index is 621. The van der Waals surface area contributed by atoms with Gasteiger partial charge in [0.05, 0.1) is 5.56 Å². The van der Waals surface area contributed by atoms with E-state index in [9.17, 15) is 13.2 Å². The molecule has 0 aliphatic heterocycles. The smallest absolute Gasteiger partial charge is 0.310 e. The molecule has 1 nitrogen and oxygen atoms in total. The van der Waals surface area contributed by atoms with Gasteiger partial charge in [0, 0.05) is 17.6 Å². The van der Waals surface area contributed by atoms with E-state index in [1.165, 1.54) is 17.7 Å². The fourth-order valence-corrected chi connectivity index (χ4v) is 2.64. The summed E-state index contributed by atoms with van der Waals surface area (Å²) in [6.45, 7) is 2.67. The van der Waals surface area contributed by atoms with Crippen LogP contribution in [0.5, 0.6) is 0 Å². The van der Waals surface area contributed by atoms with E-state index in [0.717, 1.165) is 42.0 Å². The van der Waals surface area contributed by atoms with Crippen LogP contribution in [0, 0.1) is 0 Å². The monoisotopic (exact) mass is 355 g/mol. The van der Waals surface area contributed by atoms with Crippen molar-refractivity contribution in [1.29, 1.82) is 0 Å². The van der Waals surface area contributed by atoms with E-state index in [0.29, 0.717) is 12.6 Å². The van der Waals surface area contributed by atoms with E-state index in [2.05, 4.69) is 12.2 Å². The molecule has 2 rings (SSSR count). The van der Waals surface area contributed by atoms with Crippen LogP contribution in [0.4, 0.5) is 13.2 Å². The number of rotatable bonds is 7. The summed E-state index contributed by atoms with van der Waals surface area (Å²) in [6, 6.07) is 13.4. The van der Waals surface area contributed by atoms with Gasteiger partial charge in [-0.3, -0.25) is 0 Å². The lowest BCUT2D eigenvalue weighted by atomic mass is 10.0. The fourth-order valence-electron chi connectivity index (χ4n) is 2.52. The minimum atomic E-state index is -4.28. The molecule has 1 atom stereocenters. The molecule has 0 aromatic heterocycles. The molecule has 5 heteroatoms. The van der Waals surface area contributed by atoms with Crippen LogP contribution in [0.1, 0.15) is 36.5 Å². The third kappa shape index (κ3) is 5.84. The zero-order chi connectivity index (χ0) is 17.6. The van der Waals surface area contributed by atoms with Crippen LogP contribution in [0.3, 0.4) is 0 Å². The molecule has 2 aromatic rings. The van der Waals surface area contributed by atoms with Crippen molar-refractivity contribution in [2.24, 2.45) is 0 Å². The Balaban J connectivity index is 1.83.